The fourth-order valence-corrected chi connectivity index (χ4v) is 5.70. The number of hydrogen-bond donors (Lipinski definition) is 2. The van der Waals surface area contributed by atoms with Gasteiger partial charge in [0, 0.05) is 40.1 Å². The first-order chi connectivity index (χ1) is 16.5. The fraction of sp³-hybridized carbons (Fsp3) is 0.214. The highest BCUT2D eigenvalue weighted by molar-refractivity contribution is 7.10. The Labute approximate surface area is 202 Å². The van der Waals surface area contributed by atoms with E-state index in [1.165, 1.54) is 4.88 Å². The Kier molecular flexibility index (Phi) is 6.07. The smallest absolute Gasteiger partial charge is 0.337 e. The average Bonchev–Trinajstić information content (AvgIpc) is 3.37. The van der Waals surface area contributed by atoms with E-state index in [2.05, 4.69) is 11.4 Å². The lowest BCUT2D eigenvalue weighted by atomic mass is 9.72. The molecule has 2 aromatic carbocycles. The molecule has 0 bridgehead atoms. The van der Waals surface area contributed by atoms with Crippen molar-refractivity contribution in [2.75, 3.05) is 0 Å². The molecule has 34 heavy (non-hydrogen) atoms. The third kappa shape index (κ3) is 4.29. The summed E-state index contributed by atoms with van der Waals surface area (Å²) in [5.41, 5.74) is 4.10. The van der Waals surface area contributed by atoms with Gasteiger partial charge in [-0.1, -0.05) is 48.5 Å². The number of carbonyl (C=O) groups is 2. The van der Waals surface area contributed by atoms with Crippen molar-refractivity contribution in [2.45, 2.75) is 38.2 Å². The molecular weight excluding hydrogens is 446 g/mol. The van der Waals surface area contributed by atoms with Crippen LogP contribution in [0.5, 0.6) is 5.75 Å². The molecule has 6 heteroatoms. The van der Waals surface area contributed by atoms with Crippen LogP contribution in [0.1, 0.15) is 47.6 Å². The van der Waals surface area contributed by atoms with Crippen LogP contribution in [0.4, 0.5) is 0 Å². The van der Waals surface area contributed by atoms with Crippen molar-refractivity contribution in [3.63, 3.8) is 0 Å². The van der Waals surface area contributed by atoms with Crippen LogP contribution in [0.2, 0.25) is 0 Å². The molecule has 0 saturated carbocycles. The SMILES string of the molecule is CC1=C(C(=O)OCc2ccccc2)[C@H](c2cccc(O)c2)C2=C(C[C@@H](c3cccs3)CC2=O)N1. The summed E-state index contributed by atoms with van der Waals surface area (Å²) in [6.45, 7) is 1.99. The molecule has 2 aliphatic rings. The third-order valence-corrected chi connectivity index (χ3v) is 7.44. The van der Waals surface area contributed by atoms with Crippen molar-refractivity contribution in [1.29, 1.82) is 0 Å². The van der Waals surface area contributed by atoms with Gasteiger partial charge in [0.15, 0.2) is 5.78 Å². The number of esters is 1. The minimum absolute atomic E-state index is 0.0151. The normalized spacial score (nSPS) is 20.1. The van der Waals surface area contributed by atoms with E-state index in [0.29, 0.717) is 35.2 Å². The van der Waals surface area contributed by atoms with Crippen molar-refractivity contribution in [2.24, 2.45) is 0 Å². The molecule has 0 amide bonds. The number of allylic oxidation sites excluding steroid dienone is 3. The molecule has 2 atom stereocenters. The van der Waals surface area contributed by atoms with Crippen molar-refractivity contribution in [3.05, 3.63) is 111 Å². The van der Waals surface area contributed by atoms with E-state index in [1.807, 2.05) is 54.8 Å². The van der Waals surface area contributed by atoms with Gasteiger partial charge in [0.25, 0.3) is 0 Å². The first-order valence-corrected chi connectivity index (χ1v) is 12.2. The van der Waals surface area contributed by atoms with Gasteiger partial charge in [-0.25, -0.2) is 4.79 Å². The summed E-state index contributed by atoms with van der Waals surface area (Å²) < 4.78 is 5.68. The fourth-order valence-electron chi connectivity index (χ4n) is 4.87. The summed E-state index contributed by atoms with van der Waals surface area (Å²) in [6.07, 6.45) is 1.09. The minimum Gasteiger partial charge on any atom is -0.508 e. The van der Waals surface area contributed by atoms with Crippen molar-refractivity contribution >= 4 is 23.1 Å². The maximum absolute atomic E-state index is 13.5. The van der Waals surface area contributed by atoms with E-state index in [9.17, 15) is 14.7 Å². The molecule has 0 unspecified atom stereocenters. The maximum atomic E-state index is 13.5. The summed E-state index contributed by atoms with van der Waals surface area (Å²) in [6, 6.07) is 20.4. The monoisotopic (exact) mass is 471 g/mol. The Morgan fingerprint density at radius 2 is 1.91 bits per heavy atom. The molecule has 1 aliphatic carbocycles. The first-order valence-electron chi connectivity index (χ1n) is 11.3. The number of phenols is 1. The minimum atomic E-state index is -0.594. The molecule has 5 nitrogen and oxygen atoms in total. The number of nitrogens with one attached hydrogen (secondary N) is 1. The predicted octanol–water partition coefficient (Wildman–Crippen LogP) is 5.56. The number of rotatable bonds is 5. The highest BCUT2D eigenvalue weighted by Crippen LogP contribution is 2.46. The number of Topliss-reactive ketones (excluding diaryl/α,β-unsaturated/α-hetero) is 1. The van der Waals surface area contributed by atoms with Crippen LogP contribution in [0, 0.1) is 0 Å². The van der Waals surface area contributed by atoms with Gasteiger partial charge in [0.1, 0.15) is 12.4 Å². The van der Waals surface area contributed by atoms with E-state index in [4.69, 9.17) is 4.74 Å². The van der Waals surface area contributed by atoms with Gasteiger partial charge in [-0.15, -0.1) is 11.3 Å². The number of aromatic hydroxyl groups is 1. The molecule has 3 aromatic rings. The predicted molar refractivity (Wildman–Crippen MR) is 131 cm³/mol. The van der Waals surface area contributed by atoms with Crippen LogP contribution in [0.15, 0.2) is 94.7 Å². The number of dihydropyridines is 1. The number of ketones is 1. The number of thiophene rings is 1. The molecule has 0 spiro atoms. The molecule has 2 N–H and O–H groups in total. The van der Waals surface area contributed by atoms with E-state index in [1.54, 1.807) is 29.5 Å². The van der Waals surface area contributed by atoms with Gasteiger partial charge in [0.05, 0.1) is 5.57 Å². The first kappa shape index (κ1) is 22.2. The molecule has 172 valence electrons. The Bertz CT molecular complexity index is 1290. The quantitative estimate of drug-likeness (QED) is 0.477. The van der Waals surface area contributed by atoms with Gasteiger partial charge < -0.3 is 15.2 Å². The zero-order valence-electron chi connectivity index (χ0n) is 18.8. The second kappa shape index (κ2) is 9.31. The number of benzene rings is 2. The Morgan fingerprint density at radius 1 is 1.09 bits per heavy atom. The lowest BCUT2D eigenvalue weighted by Crippen LogP contribution is -2.36. The zero-order valence-corrected chi connectivity index (χ0v) is 19.6. The van der Waals surface area contributed by atoms with Gasteiger partial charge in [-0.2, -0.15) is 0 Å². The molecule has 1 aromatic heterocycles. The van der Waals surface area contributed by atoms with Crippen LogP contribution in [0.3, 0.4) is 0 Å². The van der Waals surface area contributed by atoms with Crippen LogP contribution in [-0.2, 0) is 20.9 Å². The number of hydrogen-bond acceptors (Lipinski definition) is 6. The van der Waals surface area contributed by atoms with Crippen molar-refractivity contribution in [1.82, 2.24) is 5.32 Å². The summed E-state index contributed by atoms with van der Waals surface area (Å²) in [7, 11) is 0. The molecule has 0 fully saturated rings. The van der Waals surface area contributed by atoms with Crippen LogP contribution in [-0.4, -0.2) is 16.9 Å². The van der Waals surface area contributed by atoms with Gasteiger partial charge >= 0.3 is 5.97 Å². The lowest BCUT2D eigenvalue weighted by molar-refractivity contribution is -0.140. The molecule has 5 rings (SSSR count). The standard InChI is InChI=1S/C28H25NO4S/c1-17-25(28(32)33-16-18-7-3-2-4-8-18)26(19-9-5-10-21(30)13-19)27-22(29-17)14-20(15-23(27)31)24-11-6-12-34-24/h2-13,20,26,29-30H,14-16H2,1H3/t20-,26+/m1/s1. The van der Waals surface area contributed by atoms with Crippen LogP contribution in [0.25, 0.3) is 0 Å². The largest absolute Gasteiger partial charge is 0.508 e. The van der Waals surface area contributed by atoms with E-state index in [0.717, 1.165) is 11.3 Å². The van der Waals surface area contributed by atoms with Crippen molar-refractivity contribution in [3.8, 4) is 5.75 Å². The molecular formula is C28H25NO4S. The van der Waals surface area contributed by atoms with E-state index in [-0.39, 0.29) is 24.1 Å². The Morgan fingerprint density at radius 3 is 2.65 bits per heavy atom. The summed E-state index contributed by atoms with van der Waals surface area (Å²) >= 11 is 1.66. The van der Waals surface area contributed by atoms with Gasteiger partial charge in [0.2, 0.25) is 0 Å². The van der Waals surface area contributed by atoms with Crippen molar-refractivity contribution < 1.29 is 19.4 Å². The van der Waals surface area contributed by atoms with E-state index >= 15 is 0 Å². The highest BCUT2D eigenvalue weighted by Gasteiger charge is 2.41. The average molecular weight is 472 g/mol. The molecule has 0 radical (unpaired) electrons. The lowest BCUT2D eigenvalue weighted by Gasteiger charge is -2.36. The number of ether oxygens (including phenoxy) is 1. The third-order valence-electron chi connectivity index (χ3n) is 6.41. The zero-order chi connectivity index (χ0) is 23.7. The van der Waals surface area contributed by atoms with Crippen LogP contribution >= 0.6 is 11.3 Å². The summed E-state index contributed by atoms with van der Waals surface area (Å²) in [4.78, 5) is 28.1. The molecule has 0 saturated heterocycles. The van der Waals surface area contributed by atoms with Crippen LogP contribution < -0.4 is 5.32 Å². The van der Waals surface area contributed by atoms with Gasteiger partial charge in [-0.3, -0.25) is 4.79 Å². The highest BCUT2D eigenvalue weighted by atomic mass is 32.1. The second-order valence-electron chi connectivity index (χ2n) is 8.69. The van der Waals surface area contributed by atoms with E-state index < -0.39 is 11.9 Å². The Hall–Kier alpha value is -3.64. The molecule has 2 heterocycles. The number of carbonyl (C=O) groups excluding carboxylic acids is 2. The summed E-state index contributed by atoms with van der Waals surface area (Å²) in [5.74, 6) is -0.845. The van der Waals surface area contributed by atoms with Gasteiger partial charge in [-0.05, 0) is 48.1 Å². The molecule has 1 aliphatic heterocycles. The maximum Gasteiger partial charge on any atom is 0.337 e. The Balaban J connectivity index is 1.52. The number of phenolic OH excluding ortho intramolecular Hbond substituents is 1. The second-order valence-corrected chi connectivity index (χ2v) is 9.67. The topological polar surface area (TPSA) is 75.6 Å². The summed E-state index contributed by atoms with van der Waals surface area (Å²) in [5, 5.41) is 15.6.